The van der Waals surface area contributed by atoms with Crippen LogP contribution in [0.4, 0.5) is 4.79 Å². The highest BCUT2D eigenvalue weighted by atomic mass is 16.5. The van der Waals surface area contributed by atoms with Crippen molar-refractivity contribution >= 4 is 11.9 Å². The summed E-state index contributed by atoms with van der Waals surface area (Å²) in [5, 5.41) is 0. The van der Waals surface area contributed by atoms with E-state index >= 15 is 0 Å². The summed E-state index contributed by atoms with van der Waals surface area (Å²) < 4.78 is 21.5. The predicted octanol–water partition coefficient (Wildman–Crippen LogP) is 2.27. The molecule has 24 heavy (non-hydrogen) atoms. The third-order valence-corrected chi connectivity index (χ3v) is 4.69. The monoisotopic (exact) mass is 335 g/mol. The van der Waals surface area contributed by atoms with E-state index in [9.17, 15) is 9.59 Å². The van der Waals surface area contributed by atoms with Gasteiger partial charge in [-0.05, 0) is 0 Å². The summed E-state index contributed by atoms with van der Waals surface area (Å²) in [6.07, 6.45) is 1.08. The number of amides is 1. The number of benzene rings is 1. The second-order valence-electron chi connectivity index (χ2n) is 6.04. The van der Waals surface area contributed by atoms with Crippen molar-refractivity contribution < 1.29 is 28.5 Å². The van der Waals surface area contributed by atoms with E-state index < -0.39 is 5.60 Å². The number of hydrogen-bond donors (Lipinski definition) is 0. The fourth-order valence-electron chi connectivity index (χ4n) is 3.36. The molecule has 1 amide bonds. The lowest BCUT2D eigenvalue weighted by Gasteiger charge is -2.43. The summed E-state index contributed by atoms with van der Waals surface area (Å²) >= 11 is 0. The third kappa shape index (κ3) is 2.74. The summed E-state index contributed by atoms with van der Waals surface area (Å²) in [7, 11) is 4.43. The molecule has 0 aliphatic carbocycles. The number of ketones is 1. The number of piperidine rings is 1. The molecule has 0 aromatic heterocycles. The molecule has 2 aliphatic rings. The highest BCUT2D eigenvalue weighted by Crippen LogP contribution is 2.44. The van der Waals surface area contributed by atoms with Crippen LogP contribution in [0.15, 0.2) is 12.1 Å². The standard InChI is InChI=1S/C17H21NO6/c1-21-11-8-13(22-2)15-12(19)10-17(24-14(15)9-11)4-6-18(7-5-17)16(20)23-3/h8-9H,4-7,10H2,1-3H3. The van der Waals surface area contributed by atoms with Gasteiger partial charge in [0.1, 0.15) is 28.4 Å². The van der Waals surface area contributed by atoms with E-state index in [-0.39, 0.29) is 18.3 Å². The van der Waals surface area contributed by atoms with E-state index in [1.54, 1.807) is 24.1 Å². The summed E-state index contributed by atoms with van der Waals surface area (Å²) in [4.78, 5) is 26.0. The average Bonchev–Trinajstić information content (AvgIpc) is 2.60. The third-order valence-electron chi connectivity index (χ3n) is 4.69. The smallest absolute Gasteiger partial charge is 0.409 e. The van der Waals surface area contributed by atoms with E-state index in [1.165, 1.54) is 14.2 Å². The molecule has 1 aromatic rings. The van der Waals surface area contributed by atoms with Crippen molar-refractivity contribution in [2.75, 3.05) is 34.4 Å². The number of methoxy groups -OCH3 is 3. The van der Waals surface area contributed by atoms with Crippen molar-refractivity contribution in [2.45, 2.75) is 24.9 Å². The van der Waals surface area contributed by atoms with Crippen molar-refractivity contribution in [3.05, 3.63) is 17.7 Å². The Morgan fingerprint density at radius 2 is 1.88 bits per heavy atom. The zero-order valence-corrected chi connectivity index (χ0v) is 14.1. The number of nitrogens with zero attached hydrogens (tertiary/aromatic N) is 1. The van der Waals surface area contributed by atoms with Crippen LogP contribution in [-0.2, 0) is 4.74 Å². The Morgan fingerprint density at radius 3 is 2.46 bits per heavy atom. The number of carbonyl (C=O) groups is 2. The van der Waals surface area contributed by atoms with Crippen LogP contribution >= 0.6 is 0 Å². The van der Waals surface area contributed by atoms with Crippen LogP contribution in [0.25, 0.3) is 0 Å². The molecular formula is C17H21NO6. The van der Waals surface area contributed by atoms with Gasteiger partial charge in [-0.2, -0.15) is 0 Å². The van der Waals surface area contributed by atoms with Crippen molar-refractivity contribution in [3.63, 3.8) is 0 Å². The topological polar surface area (TPSA) is 74.3 Å². The van der Waals surface area contributed by atoms with Crippen molar-refractivity contribution in [1.29, 1.82) is 0 Å². The lowest BCUT2D eigenvalue weighted by atomic mass is 9.82. The second-order valence-corrected chi connectivity index (χ2v) is 6.04. The number of hydrogen-bond acceptors (Lipinski definition) is 6. The van der Waals surface area contributed by atoms with Crippen molar-refractivity contribution in [3.8, 4) is 17.2 Å². The Labute approximate surface area is 140 Å². The molecule has 0 atom stereocenters. The maximum Gasteiger partial charge on any atom is 0.409 e. The molecule has 0 saturated carbocycles. The molecule has 2 heterocycles. The van der Waals surface area contributed by atoms with E-state index in [1.807, 2.05) is 0 Å². The molecule has 1 aromatic carbocycles. The van der Waals surface area contributed by atoms with Gasteiger partial charge in [0.05, 0.1) is 27.8 Å². The number of carbonyl (C=O) groups excluding carboxylic acids is 2. The molecule has 7 heteroatoms. The van der Waals surface area contributed by atoms with Gasteiger partial charge in [-0.15, -0.1) is 0 Å². The molecule has 7 nitrogen and oxygen atoms in total. The zero-order chi connectivity index (χ0) is 17.3. The maximum atomic E-state index is 12.7. The highest BCUT2D eigenvalue weighted by molar-refractivity contribution is 6.03. The minimum absolute atomic E-state index is 0.0118. The molecule has 0 N–H and O–H groups in total. The van der Waals surface area contributed by atoms with E-state index in [4.69, 9.17) is 18.9 Å². The van der Waals surface area contributed by atoms with Gasteiger partial charge in [-0.1, -0.05) is 0 Å². The first-order chi connectivity index (χ1) is 11.5. The summed E-state index contributed by atoms with van der Waals surface area (Å²) in [5.74, 6) is 1.50. The SMILES string of the molecule is COC(=O)N1CCC2(CC1)CC(=O)c1c(OC)cc(OC)cc1O2. The first kappa shape index (κ1) is 16.4. The van der Waals surface area contributed by atoms with Gasteiger partial charge in [0, 0.05) is 38.1 Å². The van der Waals surface area contributed by atoms with Crippen LogP contribution in [0.2, 0.25) is 0 Å². The number of fused-ring (bicyclic) bond motifs is 1. The molecule has 0 unspecified atom stereocenters. The fraction of sp³-hybridized carbons (Fsp3) is 0.529. The van der Waals surface area contributed by atoms with Crippen LogP contribution < -0.4 is 14.2 Å². The van der Waals surface area contributed by atoms with Crippen LogP contribution in [-0.4, -0.2) is 56.8 Å². The zero-order valence-electron chi connectivity index (χ0n) is 14.1. The average molecular weight is 335 g/mol. The summed E-state index contributed by atoms with van der Waals surface area (Å²) in [6, 6.07) is 3.39. The number of likely N-dealkylation sites (tertiary alicyclic amines) is 1. The Hall–Kier alpha value is -2.44. The molecule has 2 aliphatic heterocycles. The van der Waals surface area contributed by atoms with Crippen molar-refractivity contribution in [1.82, 2.24) is 4.90 Å². The molecule has 1 fully saturated rings. The molecule has 0 bridgehead atoms. The van der Waals surface area contributed by atoms with Gasteiger partial charge in [-0.25, -0.2) is 4.79 Å². The first-order valence-electron chi connectivity index (χ1n) is 7.83. The summed E-state index contributed by atoms with van der Waals surface area (Å²) in [6.45, 7) is 0.993. The normalized spacial score (nSPS) is 18.6. The van der Waals surface area contributed by atoms with Crippen molar-refractivity contribution in [2.24, 2.45) is 0 Å². The fourth-order valence-corrected chi connectivity index (χ4v) is 3.36. The Bertz CT molecular complexity index is 663. The number of rotatable bonds is 2. The first-order valence-corrected chi connectivity index (χ1v) is 7.83. The van der Waals surface area contributed by atoms with E-state index in [2.05, 4.69) is 0 Å². The van der Waals surface area contributed by atoms with Gasteiger partial charge < -0.3 is 23.8 Å². The number of Topliss-reactive ketones (excluding diaryl/α,β-unsaturated/α-hetero) is 1. The van der Waals surface area contributed by atoms with Crippen LogP contribution in [0, 0.1) is 0 Å². The van der Waals surface area contributed by atoms with Gasteiger partial charge >= 0.3 is 6.09 Å². The maximum absolute atomic E-state index is 12.7. The Kier molecular flexibility index (Phi) is 4.26. The Balaban J connectivity index is 1.87. The highest BCUT2D eigenvalue weighted by Gasteiger charge is 2.45. The van der Waals surface area contributed by atoms with Crippen LogP contribution in [0.5, 0.6) is 17.2 Å². The second kappa shape index (κ2) is 6.22. The molecule has 1 saturated heterocycles. The Morgan fingerprint density at radius 1 is 1.17 bits per heavy atom. The lowest BCUT2D eigenvalue weighted by Crippen LogP contribution is -2.52. The molecule has 0 radical (unpaired) electrons. The number of ether oxygens (including phenoxy) is 4. The van der Waals surface area contributed by atoms with Crippen LogP contribution in [0.1, 0.15) is 29.6 Å². The van der Waals surface area contributed by atoms with E-state index in [0.29, 0.717) is 48.7 Å². The van der Waals surface area contributed by atoms with Gasteiger partial charge in [0.2, 0.25) is 0 Å². The minimum Gasteiger partial charge on any atom is -0.496 e. The molecule has 1 spiro atoms. The quantitative estimate of drug-likeness (QED) is 0.825. The molecular weight excluding hydrogens is 314 g/mol. The van der Waals surface area contributed by atoms with Gasteiger partial charge in [0.25, 0.3) is 0 Å². The summed E-state index contributed by atoms with van der Waals surface area (Å²) in [5.41, 5.74) is -0.134. The van der Waals surface area contributed by atoms with Gasteiger partial charge in [0.15, 0.2) is 5.78 Å². The van der Waals surface area contributed by atoms with E-state index in [0.717, 1.165) is 0 Å². The predicted molar refractivity (Wildman–Crippen MR) is 85.1 cm³/mol. The minimum atomic E-state index is -0.591. The van der Waals surface area contributed by atoms with Crippen LogP contribution in [0.3, 0.4) is 0 Å². The largest absolute Gasteiger partial charge is 0.496 e. The van der Waals surface area contributed by atoms with Gasteiger partial charge in [-0.3, -0.25) is 4.79 Å². The molecule has 130 valence electrons. The lowest BCUT2D eigenvalue weighted by molar-refractivity contribution is -0.00747. The molecule has 3 rings (SSSR count).